The fourth-order valence-electron chi connectivity index (χ4n) is 0.909. The average Bonchev–Trinajstić information content (AvgIpc) is 2.09. The quantitative estimate of drug-likeness (QED) is 0.707. The Morgan fingerprint density at radius 3 is 2.92 bits per heavy atom. The Morgan fingerprint density at radius 1 is 1.58 bits per heavy atom. The van der Waals surface area contributed by atoms with E-state index in [1.54, 1.807) is 18.2 Å². The Balaban J connectivity index is 2.89. The van der Waals surface area contributed by atoms with Gasteiger partial charge in [-0.25, -0.2) is 4.84 Å². The number of aromatic hydroxyl groups is 1. The van der Waals surface area contributed by atoms with Gasteiger partial charge in [0.1, 0.15) is 0 Å². The number of nitrogens with one attached hydrogen (secondary N) is 1. The highest BCUT2D eigenvalue weighted by Crippen LogP contribution is 2.25. The number of phenols is 1. The molecule has 4 heteroatoms. The van der Waals surface area contributed by atoms with E-state index >= 15 is 0 Å². The first-order valence-corrected chi connectivity index (χ1v) is 3.85. The van der Waals surface area contributed by atoms with Crippen molar-refractivity contribution in [2.24, 2.45) is 0 Å². The molecule has 0 heterocycles. The third-order valence-corrected chi connectivity index (χ3v) is 1.65. The van der Waals surface area contributed by atoms with Crippen LogP contribution in [-0.2, 0) is 6.54 Å². The van der Waals surface area contributed by atoms with Gasteiger partial charge in [-0.1, -0.05) is 6.07 Å². The fourth-order valence-corrected chi connectivity index (χ4v) is 1.06. The van der Waals surface area contributed by atoms with Crippen LogP contribution < -0.4 is 9.57 Å². The van der Waals surface area contributed by atoms with Gasteiger partial charge in [0.2, 0.25) is 0 Å². The van der Waals surface area contributed by atoms with Crippen molar-refractivity contribution >= 4 is 11.8 Å². The summed E-state index contributed by atoms with van der Waals surface area (Å²) < 4.78 is 4.91. The summed E-state index contributed by atoms with van der Waals surface area (Å²) in [7, 11) is 1.51. The Labute approximate surface area is 76.0 Å². The predicted octanol–water partition coefficient (Wildman–Crippen LogP) is 1.64. The van der Waals surface area contributed by atoms with E-state index in [1.165, 1.54) is 7.11 Å². The maximum absolute atomic E-state index is 9.22. The smallest absolute Gasteiger partial charge is 0.160 e. The van der Waals surface area contributed by atoms with Crippen molar-refractivity contribution in [2.75, 3.05) is 7.11 Å². The van der Waals surface area contributed by atoms with Gasteiger partial charge < -0.3 is 9.84 Å². The second-order valence-electron chi connectivity index (χ2n) is 2.32. The van der Waals surface area contributed by atoms with Crippen LogP contribution in [0, 0.1) is 0 Å². The molecule has 0 aliphatic carbocycles. The molecule has 1 aromatic rings. The van der Waals surface area contributed by atoms with E-state index in [1.807, 2.05) is 0 Å². The van der Waals surface area contributed by atoms with Crippen molar-refractivity contribution in [3.8, 4) is 11.5 Å². The molecule has 3 nitrogen and oxygen atoms in total. The number of phenolic OH excluding ortho intramolecular Hbond substituents is 1. The molecular formula is C8H10ClNO2. The van der Waals surface area contributed by atoms with E-state index in [0.29, 0.717) is 12.3 Å². The first-order valence-electron chi connectivity index (χ1n) is 3.47. The predicted molar refractivity (Wildman–Crippen MR) is 47.4 cm³/mol. The molecule has 0 amide bonds. The van der Waals surface area contributed by atoms with Gasteiger partial charge in [-0.3, -0.25) is 0 Å². The molecule has 1 aromatic carbocycles. The van der Waals surface area contributed by atoms with Crippen LogP contribution in [0.5, 0.6) is 11.5 Å². The molecule has 0 fully saturated rings. The molecule has 0 bridgehead atoms. The molecule has 0 aliphatic rings. The molecule has 0 atom stereocenters. The molecule has 66 valence electrons. The van der Waals surface area contributed by atoms with E-state index in [2.05, 4.69) is 4.84 Å². The standard InChI is InChI=1S/C8H10ClNO2/c1-12-8-4-6(5-10-9)2-3-7(8)11/h2-4,10-11H,5H2,1H3. The maximum atomic E-state index is 9.22. The normalized spacial score (nSPS) is 9.83. The number of ether oxygens (including phenoxy) is 1. The molecule has 0 saturated heterocycles. The van der Waals surface area contributed by atoms with Gasteiger partial charge in [0.15, 0.2) is 11.5 Å². The van der Waals surface area contributed by atoms with Crippen LogP contribution in [0.3, 0.4) is 0 Å². The third kappa shape index (κ3) is 2.03. The first kappa shape index (κ1) is 9.16. The van der Waals surface area contributed by atoms with Crippen LogP contribution in [0.4, 0.5) is 0 Å². The lowest BCUT2D eigenvalue weighted by atomic mass is 10.2. The zero-order valence-corrected chi connectivity index (χ0v) is 7.43. The number of methoxy groups -OCH3 is 1. The molecule has 2 N–H and O–H groups in total. The summed E-state index contributed by atoms with van der Waals surface area (Å²) in [6, 6.07) is 5.07. The van der Waals surface area contributed by atoms with Crippen LogP contribution in [0.1, 0.15) is 5.56 Å². The van der Waals surface area contributed by atoms with Crippen molar-refractivity contribution < 1.29 is 9.84 Å². The van der Waals surface area contributed by atoms with Gasteiger partial charge in [0.05, 0.1) is 7.11 Å². The highest BCUT2D eigenvalue weighted by Gasteiger charge is 2.01. The number of rotatable bonds is 3. The van der Waals surface area contributed by atoms with Crippen molar-refractivity contribution in [1.29, 1.82) is 0 Å². The Hall–Kier alpha value is -0.930. The number of benzene rings is 1. The van der Waals surface area contributed by atoms with E-state index in [4.69, 9.17) is 16.5 Å². The SMILES string of the molecule is COc1cc(CNCl)ccc1O. The van der Waals surface area contributed by atoms with Gasteiger partial charge in [-0.15, -0.1) is 0 Å². The lowest BCUT2D eigenvalue weighted by Crippen LogP contribution is -1.98. The summed E-state index contributed by atoms with van der Waals surface area (Å²) in [5, 5.41) is 9.22. The lowest BCUT2D eigenvalue weighted by molar-refractivity contribution is 0.373. The van der Waals surface area contributed by atoms with Gasteiger partial charge in [-0.05, 0) is 29.5 Å². The molecule has 0 unspecified atom stereocenters. The van der Waals surface area contributed by atoms with Crippen molar-refractivity contribution in [1.82, 2.24) is 4.84 Å². The molecule has 0 spiro atoms. The van der Waals surface area contributed by atoms with Gasteiger partial charge in [0.25, 0.3) is 0 Å². The second-order valence-corrected chi connectivity index (χ2v) is 2.58. The molecule has 0 radical (unpaired) electrons. The van der Waals surface area contributed by atoms with E-state index in [9.17, 15) is 5.11 Å². The van der Waals surface area contributed by atoms with Crippen LogP contribution in [0.25, 0.3) is 0 Å². The number of hydrogen-bond acceptors (Lipinski definition) is 3. The lowest BCUT2D eigenvalue weighted by Gasteiger charge is -2.04. The third-order valence-electron chi connectivity index (χ3n) is 1.52. The van der Waals surface area contributed by atoms with Gasteiger partial charge in [0, 0.05) is 6.54 Å². The van der Waals surface area contributed by atoms with E-state index in [-0.39, 0.29) is 5.75 Å². The summed E-state index contributed by atoms with van der Waals surface area (Å²) in [4.78, 5) is 2.49. The Morgan fingerprint density at radius 2 is 2.33 bits per heavy atom. The van der Waals surface area contributed by atoms with Crippen LogP contribution >= 0.6 is 11.8 Å². The molecular weight excluding hydrogens is 178 g/mol. The fraction of sp³-hybridized carbons (Fsp3) is 0.250. The van der Waals surface area contributed by atoms with Crippen LogP contribution in [0.15, 0.2) is 18.2 Å². The van der Waals surface area contributed by atoms with Gasteiger partial charge >= 0.3 is 0 Å². The maximum Gasteiger partial charge on any atom is 0.160 e. The minimum absolute atomic E-state index is 0.135. The summed E-state index contributed by atoms with van der Waals surface area (Å²) in [5.41, 5.74) is 0.958. The Bertz CT molecular complexity index is 265. The van der Waals surface area contributed by atoms with Gasteiger partial charge in [-0.2, -0.15) is 0 Å². The number of hydrogen-bond donors (Lipinski definition) is 2. The summed E-state index contributed by atoms with van der Waals surface area (Å²) in [6.45, 7) is 0.540. The Kier molecular flexibility index (Phi) is 3.19. The van der Waals surface area contributed by atoms with E-state index in [0.717, 1.165) is 5.56 Å². The van der Waals surface area contributed by atoms with Crippen LogP contribution in [-0.4, -0.2) is 12.2 Å². The zero-order valence-electron chi connectivity index (χ0n) is 6.67. The summed E-state index contributed by atoms with van der Waals surface area (Å²) in [5.74, 6) is 0.593. The second kappa shape index (κ2) is 4.18. The molecule has 0 aliphatic heterocycles. The van der Waals surface area contributed by atoms with Crippen LogP contribution in [0.2, 0.25) is 0 Å². The monoisotopic (exact) mass is 187 g/mol. The van der Waals surface area contributed by atoms with Crippen molar-refractivity contribution in [2.45, 2.75) is 6.54 Å². The van der Waals surface area contributed by atoms with Crippen molar-refractivity contribution in [3.05, 3.63) is 23.8 Å². The largest absolute Gasteiger partial charge is 0.504 e. The minimum Gasteiger partial charge on any atom is -0.504 e. The summed E-state index contributed by atoms with van der Waals surface area (Å²) >= 11 is 5.32. The highest BCUT2D eigenvalue weighted by molar-refractivity contribution is 6.13. The molecule has 12 heavy (non-hydrogen) atoms. The molecule has 0 saturated carbocycles. The first-order chi connectivity index (χ1) is 5.77. The summed E-state index contributed by atoms with van der Waals surface area (Å²) in [6.07, 6.45) is 0. The van der Waals surface area contributed by atoms with Crippen molar-refractivity contribution in [3.63, 3.8) is 0 Å². The highest BCUT2D eigenvalue weighted by atomic mass is 35.5. The average molecular weight is 188 g/mol. The zero-order chi connectivity index (χ0) is 8.97. The molecule has 1 rings (SSSR count). The topological polar surface area (TPSA) is 41.5 Å². The minimum atomic E-state index is 0.135. The van der Waals surface area contributed by atoms with E-state index < -0.39 is 0 Å². The number of halogens is 1. The molecule has 0 aromatic heterocycles.